The van der Waals surface area contributed by atoms with Crippen LogP contribution in [0, 0.1) is 0 Å². The fourth-order valence-electron chi connectivity index (χ4n) is 4.17. The van der Waals surface area contributed by atoms with Crippen molar-refractivity contribution in [3.63, 3.8) is 0 Å². The van der Waals surface area contributed by atoms with Crippen LogP contribution in [0.3, 0.4) is 0 Å². The number of esters is 1. The summed E-state index contributed by atoms with van der Waals surface area (Å²) in [6.45, 7) is 4.78. The lowest BCUT2D eigenvalue weighted by molar-refractivity contribution is -0.148. The first-order valence-electron chi connectivity index (χ1n) is 10.6. The Morgan fingerprint density at radius 3 is 2.13 bits per heavy atom. The molecule has 0 N–H and O–H groups in total. The average molecular weight is 452 g/mol. The van der Waals surface area contributed by atoms with Gasteiger partial charge in [0.15, 0.2) is 0 Å². The summed E-state index contributed by atoms with van der Waals surface area (Å²) in [4.78, 5) is 31.6. The molecule has 2 aliphatic heterocycles. The molecule has 30 heavy (non-hydrogen) atoms. The van der Waals surface area contributed by atoms with E-state index in [4.69, 9.17) is 4.74 Å². The van der Waals surface area contributed by atoms with Crippen LogP contribution in [0.15, 0.2) is 30.3 Å². The number of hydrogen-bond acceptors (Lipinski definition) is 7. The van der Waals surface area contributed by atoms with Crippen molar-refractivity contribution in [2.75, 3.05) is 39.3 Å². The molecule has 2 aliphatic rings. The molecule has 164 valence electrons. The van der Waals surface area contributed by atoms with Crippen LogP contribution in [0.4, 0.5) is 4.79 Å². The molecule has 0 aromatic heterocycles. The first kappa shape index (κ1) is 23.2. The van der Waals surface area contributed by atoms with E-state index in [1.807, 2.05) is 30.3 Å². The van der Waals surface area contributed by atoms with Crippen LogP contribution in [0.1, 0.15) is 38.2 Å². The number of benzene rings is 1. The number of ether oxygens (including phenoxy) is 1. The molecule has 2 fully saturated rings. The second-order valence-corrected chi connectivity index (χ2v) is 9.22. The van der Waals surface area contributed by atoms with Crippen LogP contribution < -0.4 is 0 Å². The molecule has 0 saturated carbocycles. The van der Waals surface area contributed by atoms with Crippen molar-refractivity contribution >= 4 is 31.4 Å². The van der Waals surface area contributed by atoms with Gasteiger partial charge >= 0.3 is 5.97 Å². The highest BCUT2D eigenvalue weighted by Crippen LogP contribution is 2.41. The maximum absolute atomic E-state index is 13.5. The molecule has 1 amide bonds. The molecule has 0 unspecified atom stereocenters. The third-order valence-electron chi connectivity index (χ3n) is 5.56. The molecule has 2 saturated heterocycles. The molecule has 0 aliphatic carbocycles. The zero-order chi connectivity index (χ0) is 21.4. The molecule has 9 heteroatoms. The molecule has 0 atom stereocenters. The maximum atomic E-state index is 13.5. The number of likely N-dealkylation sites (tertiary alicyclic amines) is 2. The molecular formula is C21H30N3O4PS. The third-order valence-corrected chi connectivity index (χ3v) is 7.56. The highest BCUT2D eigenvalue weighted by molar-refractivity contribution is 8.12. The van der Waals surface area contributed by atoms with E-state index >= 15 is 0 Å². The number of hydrogen-bond donors (Lipinski definition) is 0. The summed E-state index contributed by atoms with van der Waals surface area (Å²) < 4.78 is 18.0. The standard InChI is InChI=1S/C21H30N3O4PS/c1-2-28-19(25)16-24(20(26)30-17-18-10-4-3-5-11-18)21(29-27,22-12-6-7-13-22)23-14-8-9-15-23/h3-5,10-11H,2,6-9,12-17H2,1H3. The summed E-state index contributed by atoms with van der Waals surface area (Å²) in [5.41, 5.74) is -0.111. The summed E-state index contributed by atoms with van der Waals surface area (Å²) in [5, 5.41) is -0.256. The quantitative estimate of drug-likeness (QED) is 0.415. The fraction of sp³-hybridized carbons (Fsp3) is 0.619. The van der Waals surface area contributed by atoms with Crippen molar-refractivity contribution < 1.29 is 18.9 Å². The van der Waals surface area contributed by atoms with Gasteiger partial charge in [-0.2, -0.15) is 0 Å². The first-order valence-corrected chi connectivity index (χ1v) is 12.4. The van der Waals surface area contributed by atoms with Crippen molar-refractivity contribution in [2.45, 2.75) is 43.9 Å². The van der Waals surface area contributed by atoms with Crippen LogP contribution in [0.25, 0.3) is 0 Å². The Hall–Kier alpha value is -1.47. The molecule has 0 spiro atoms. The van der Waals surface area contributed by atoms with Gasteiger partial charge < -0.3 is 4.74 Å². The Labute approximate surface area is 184 Å². The Morgan fingerprint density at radius 2 is 1.63 bits per heavy atom. The van der Waals surface area contributed by atoms with Crippen LogP contribution in [-0.2, 0) is 19.8 Å². The second-order valence-electron chi connectivity index (χ2n) is 7.51. The average Bonchev–Trinajstić information content (AvgIpc) is 3.48. The highest BCUT2D eigenvalue weighted by Gasteiger charge is 2.53. The number of rotatable bonds is 9. The van der Waals surface area contributed by atoms with E-state index in [2.05, 4.69) is 9.80 Å². The lowest BCUT2D eigenvalue weighted by Gasteiger charge is -2.49. The lowest BCUT2D eigenvalue weighted by atomic mass is 10.2. The number of carbonyl (C=O) groups is 2. The summed E-state index contributed by atoms with van der Waals surface area (Å²) >= 11 is 1.14. The SMILES string of the molecule is CCOC(=O)CN(C(=O)SCc1ccccc1)C(P=O)(N1CCCC1)N1CCCC1. The lowest BCUT2D eigenvalue weighted by Crippen LogP contribution is -2.67. The van der Waals surface area contributed by atoms with Gasteiger partial charge in [-0.15, -0.1) is 0 Å². The number of thioether (sulfide) groups is 1. The number of carbonyl (C=O) groups excluding carboxylic acids is 2. The third kappa shape index (κ3) is 5.22. The van der Waals surface area contributed by atoms with Gasteiger partial charge in [0.1, 0.15) is 6.54 Å². The van der Waals surface area contributed by atoms with E-state index in [0.29, 0.717) is 5.75 Å². The van der Waals surface area contributed by atoms with Crippen LogP contribution in [0.5, 0.6) is 0 Å². The van der Waals surface area contributed by atoms with Gasteiger partial charge in [-0.05, 0) is 38.2 Å². The molecule has 2 heterocycles. The zero-order valence-electron chi connectivity index (χ0n) is 17.5. The summed E-state index contributed by atoms with van der Waals surface area (Å²) in [7, 11) is -0.183. The largest absolute Gasteiger partial charge is 0.465 e. The summed E-state index contributed by atoms with van der Waals surface area (Å²) in [6, 6.07) is 9.74. The predicted molar refractivity (Wildman–Crippen MR) is 118 cm³/mol. The first-order chi connectivity index (χ1) is 14.6. The van der Waals surface area contributed by atoms with Crippen molar-refractivity contribution in [3.05, 3.63) is 35.9 Å². The monoisotopic (exact) mass is 451 g/mol. The Bertz CT molecular complexity index is 708. The van der Waals surface area contributed by atoms with Crippen molar-refractivity contribution in [2.24, 2.45) is 0 Å². The number of amides is 1. The Balaban J connectivity index is 1.90. The Kier molecular flexibility index (Phi) is 8.69. The van der Waals surface area contributed by atoms with Gasteiger partial charge in [0.05, 0.1) is 6.61 Å². The predicted octanol–water partition coefficient (Wildman–Crippen LogP) is 4.00. The summed E-state index contributed by atoms with van der Waals surface area (Å²) in [6.07, 6.45) is 3.96. The smallest absolute Gasteiger partial charge is 0.325 e. The van der Waals surface area contributed by atoms with E-state index < -0.39 is 11.5 Å². The zero-order valence-corrected chi connectivity index (χ0v) is 19.2. The maximum Gasteiger partial charge on any atom is 0.325 e. The van der Waals surface area contributed by atoms with Crippen molar-refractivity contribution in [1.29, 1.82) is 0 Å². The van der Waals surface area contributed by atoms with Gasteiger partial charge in [0.25, 0.3) is 5.24 Å². The van der Waals surface area contributed by atoms with Gasteiger partial charge in [-0.25, -0.2) is 0 Å². The van der Waals surface area contributed by atoms with Gasteiger partial charge in [-0.3, -0.25) is 28.9 Å². The highest BCUT2D eigenvalue weighted by atomic mass is 32.2. The van der Waals surface area contributed by atoms with E-state index in [1.165, 1.54) is 4.90 Å². The van der Waals surface area contributed by atoms with Crippen molar-refractivity contribution in [3.8, 4) is 0 Å². The molecule has 7 nitrogen and oxygen atoms in total. The summed E-state index contributed by atoms with van der Waals surface area (Å²) in [5.74, 6) is 0.0164. The molecule has 0 radical (unpaired) electrons. The molecule has 1 aromatic carbocycles. The van der Waals surface area contributed by atoms with Crippen molar-refractivity contribution in [1.82, 2.24) is 14.7 Å². The van der Waals surface area contributed by atoms with Gasteiger partial charge in [0.2, 0.25) is 14.0 Å². The van der Waals surface area contributed by atoms with Crippen LogP contribution in [0.2, 0.25) is 0 Å². The van der Waals surface area contributed by atoms with Crippen LogP contribution in [-0.4, -0.2) is 70.8 Å². The second kappa shape index (κ2) is 11.2. The fourth-order valence-corrected chi connectivity index (χ4v) is 5.96. The van der Waals surface area contributed by atoms with Gasteiger partial charge in [-0.1, -0.05) is 42.1 Å². The van der Waals surface area contributed by atoms with Gasteiger partial charge in [0, 0.05) is 31.9 Å². The van der Waals surface area contributed by atoms with E-state index in [9.17, 15) is 14.2 Å². The van der Waals surface area contributed by atoms with Crippen LogP contribution >= 0.6 is 20.2 Å². The minimum Gasteiger partial charge on any atom is -0.465 e. The molecule has 1 aromatic rings. The minimum absolute atomic E-state index is 0.183. The normalized spacial score (nSPS) is 18.0. The topological polar surface area (TPSA) is 70.2 Å². The minimum atomic E-state index is -1.14. The number of nitrogens with zero attached hydrogens (tertiary/aromatic N) is 3. The Morgan fingerprint density at radius 1 is 1.07 bits per heavy atom. The van der Waals surface area contributed by atoms with E-state index in [0.717, 1.165) is 69.2 Å². The molecule has 0 bridgehead atoms. The molecular weight excluding hydrogens is 421 g/mol. The molecule has 3 rings (SSSR count). The van der Waals surface area contributed by atoms with E-state index in [-0.39, 0.29) is 26.9 Å². The van der Waals surface area contributed by atoms with E-state index in [1.54, 1.807) is 6.92 Å².